The normalized spacial score (nSPS) is 10.5. The summed E-state index contributed by atoms with van der Waals surface area (Å²) in [6.45, 7) is 0.458. The Morgan fingerprint density at radius 3 is 2.37 bits per heavy atom. The quantitative estimate of drug-likeness (QED) is 0.317. The van der Waals surface area contributed by atoms with E-state index in [0.29, 0.717) is 30.2 Å². The van der Waals surface area contributed by atoms with E-state index in [1.54, 1.807) is 44.6 Å². The number of aromatic hydroxyl groups is 1. The lowest BCUT2D eigenvalue weighted by molar-refractivity contribution is 0.102. The molecule has 2 N–H and O–H groups in total. The van der Waals surface area contributed by atoms with Crippen LogP contribution < -0.4 is 19.5 Å². The topological polar surface area (TPSA) is 77.0 Å². The van der Waals surface area contributed by atoms with Crippen molar-refractivity contribution >= 4 is 11.6 Å². The fourth-order valence-corrected chi connectivity index (χ4v) is 3.82. The highest BCUT2D eigenvalue weighted by molar-refractivity contribution is 6.07. The smallest absolute Gasteiger partial charge is 0.259 e. The number of nitrogens with one attached hydrogen (secondary N) is 1. The number of benzene rings is 4. The summed E-state index contributed by atoms with van der Waals surface area (Å²) in [5.41, 5.74) is 3.38. The molecule has 0 saturated carbocycles. The van der Waals surface area contributed by atoms with Gasteiger partial charge >= 0.3 is 0 Å². The predicted octanol–water partition coefficient (Wildman–Crippen LogP) is 5.95. The molecule has 6 nitrogen and oxygen atoms in total. The number of amides is 1. The van der Waals surface area contributed by atoms with Gasteiger partial charge in [0, 0.05) is 23.7 Å². The predicted molar refractivity (Wildman–Crippen MR) is 137 cm³/mol. The Bertz CT molecular complexity index is 1320. The third kappa shape index (κ3) is 5.73. The fourth-order valence-electron chi connectivity index (χ4n) is 3.82. The molecule has 1 amide bonds. The number of carbonyl (C=O) groups is 1. The van der Waals surface area contributed by atoms with Crippen molar-refractivity contribution in [2.75, 3.05) is 26.1 Å². The van der Waals surface area contributed by atoms with Crippen molar-refractivity contribution in [1.29, 1.82) is 0 Å². The standard InChI is InChI=1S/C29H27NO5/c1-33-27-12-5-3-8-20(27)16-17-35-23-10-7-9-22(19-23)30-29(32)25-18-21(14-15-26(25)31)24-11-4-6-13-28(24)34-2/h3-15,18-19,31H,16-17H2,1-2H3,(H,30,32). The third-order valence-corrected chi connectivity index (χ3v) is 5.58. The number of carbonyl (C=O) groups excluding carboxylic acids is 1. The van der Waals surface area contributed by atoms with Gasteiger partial charge in [-0.1, -0.05) is 48.5 Å². The summed E-state index contributed by atoms with van der Waals surface area (Å²) >= 11 is 0. The molecule has 0 unspecified atom stereocenters. The Morgan fingerprint density at radius 2 is 1.57 bits per heavy atom. The second-order valence-electron chi connectivity index (χ2n) is 7.82. The minimum atomic E-state index is -0.426. The van der Waals surface area contributed by atoms with Gasteiger partial charge in [-0.15, -0.1) is 0 Å². The Labute approximate surface area is 204 Å². The van der Waals surface area contributed by atoms with Crippen LogP contribution in [0.3, 0.4) is 0 Å². The first-order chi connectivity index (χ1) is 17.1. The van der Waals surface area contributed by atoms with Crippen LogP contribution in [0.2, 0.25) is 0 Å². The van der Waals surface area contributed by atoms with E-state index in [2.05, 4.69) is 5.32 Å². The Morgan fingerprint density at radius 1 is 0.829 bits per heavy atom. The first kappa shape index (κ1) is 23.7. The number of ether oxygens (including phenoxy) is 3. The summed E-state index contributed by atoms with van der Waals surface area (Å²) < 4.78 is 16.7. The molecule has 0 radical (unpaired) electrons. The van der Waals surface area contributed by atoms with Crippen molar-refractivity contribution in [1.82, 2.24) is 0 Å². The van der Waals surface area contributed by atoms with Gasteiger partial charge in [0.1, 0.15) is 23.0 Å². The zero-order chi connectivity index (χ0) is 24.6. The number of hydrogen-bond donors (Lipinski definition) is 2. The fraction of sp³-hybridized carbons (Fsp3) is 0.138. The number of rotatable bonds is 9. The first-order valence-electron chi connectivity index (χ1n) is 11.2. The summed E-state index contributed by atoms with van der Waals surface area (Å²) in [6.07, 6.45) is 0.685. The van der Waals surface area contributed by atoms with Crippen molar-refractivity contribution in [2.24, 2.45) is 0 Å². The van der Waals surface area contributed by atoms with Gasteiger partial charge < -0.3 is 24.6 Å². The van der Waals surface area contributed by atoms with E-state index in [0.717, 1.165) is 22.4 Å². The molecule has 4 rings (SSSR count). The van der Waals surface area contributed by atoms with Crippen LogP contribution in [-0.2, 0) is 6.42 Å². The van der Waals surface area contributed by atoms with Gasteiger partial charge in [0.15, 0.2) is 0 Å². The molecule has 0 atom stereocenters. The Hall–Kier alpha value is -4.45. The summed E-state index contributed by atoms with van der Waals surface area (Å²) in [6, 6.07) is 27.4. The highest BCUT2D eigenvalue weighted by atomic mass is 16.5. The van der Waals surface area contributed by atoms with E-state index in [-0.39, 0.29) is 11.3 Å². The molecule has 0 heterocycles. The van der Waals surface area contributed by atoms with Crippen LogP contribution in [0.5, 0.6) is 23.0 Å². The highest BCUT2D eigenvalue weighted by Gasteiger charge is 2.15. The van der Waals surface area contributed by atoms with Crippen LogP contribution in [-0.4, -0.2) is 31.8 Å². The minimum absolute atomic E-state index is 0.106. The summed E-state index contributed by atoms with van der Waals surface area (Å²) in [5, 5.41) is 13.2. The molecular weight excluding hydrogens is 442 g/mol. The van der Waals surface area contributed by atoms with E-state index in [1.807, 2.05) is 54.6 Å². The lowest BCUT2D eigenvalue weighted by Gasteiger charge is -2.13. The van der Waals surface area contributed by atoms with Gasteiger partial charge in [0.05, 0.1) is 26.4 Å². The summed E-state index contributed by atoms with van der Waals surface area (Å²) in [4.78, 5) is 13.0. The third-order valence-electron chi connectivity index (χ3n) is 5.58. The molecule has 6 heteroatoms. The maximum absolute atomic E-state index is 13.0. The largest absolute Gasteiger partial charge is 0.507 e. The Kier molecular flexibility index (Phi) is 7.53. The van der Waals surface area contributed by atoms with Gasteiger partial charge in [-0.3, -0.25) is 4.79 Å². The second-order valence-corrected chi connectivity index (χ2v) is 7.82. The molecule has 35 heavy (non-hydrogen) atoms. The van der Waals surface area contributed by atoms with Crippen molar-refractivity contribution in [3.05, 3.63) is 102 Å². The molecule has 0 spiro atoms. The van der Waals surface area contributed by atoms with E-state index in [9.17, 15) is 9.90 Å². The van der Waals surface area contributed by atoms with Crippen LogP contribution in [0.4, 0.5) is 5.69 Å². The lowest BCUT2D eigenvalue weighted by Crippen LogP contribution is -2.12. The molecule has 0 aliphatic rings. The maximum atomic E-state index is 13.0. The van der Waals surface area contributed by atoms with Crippen LogP contribution in [0.25, 0.3) is 11.1 Å². The molecule has 0 bridgehead atoms. The average Bonchev–Trinajstić information content (AvgIpc) is 2.89. The maximum Gasteiger partial charge on any atom is 0.259 e. The van der Waals surface area contributed by atoms with Gasteiger partial charge in [-0.25, -0.2) is 0 Å². The zero-order valence-corrected chi connectivity index (χ0v) is 19.7. The number of hydrogen-bond acceptors (Lipinski definition) is 5. The first-order valence-corrected chi connectivity index (χ1v) is 11.2. The number of phenols is 1. The van der Waals surface area contributed by atoms with Gasteiger partial charge in [0.25, 0.3) is 5.91 Å². The van der Waals surface area contributed by atoms with Crippen LogP contribution >= 0.6 is 0 Å². The van der Waals surface area contributed by atoms with E-state index in [1.165, 1.54) is 6.07 Å². The monoisotopic (exact) mass is 469 g/mol. The molecule has 0 fully saturated rings. The zero-order valence-electron chi connectivity index (χ0n) is 19.7. The van der Waals surface area contributed by atoms with E-state index in [4.69, 9.17) is 14.2 Å². The number of methoxy groups -OCH3 is 2. The summed E-state index contributed by atoms with van der Waals surface area (Å²) in [5.74, 6) is 1.61. The molecule has 0 aromatic heterocycles. The lowest BCUT2D eigenvalue weighted by atomic mass is 10.0. The molecular formula is C29H27NO5. The second kappa shape index (κ2) is 11.1. The van der Waals surface area contributed by atoms with Crippen molar-refractivity contribution in [2.45, 2.75) is 6.42 Å². The van der Waals surface area contributed by atoms with Crippen molar-refractivity contribution in [3.8, 4) is 34.1 Å². The van der Waals surface area contributed by atoms with Crippen LogP contribution in [0.15, 0.2) is 91.0 Å². The van der Waals surface area contributed by atoms with Gasteiger partial charge in [0.2, 0.25) is 0 Å². The van der Waals surface area contributed by atoms with Crippen LogP contribution in [0.1, 0.15) is 15.9 Å². The molecule has 0 aliphatic heterocycles. The minimum Gasteiger partial charge on any atom is -0.507 e. The van der Waals surface area contributed by atoms with Crippen molar-refractivity contribution in [3.63, 3.8) is 0 Å². The van der Waals surface area contributed by atoms with E-state index < -0.39 is 5.91 Å². The SMILES string of the molecule is COc1ccccc1CCOc1cccc(NC(=O)c2cc(-c3ccccc3OC)ccc2O)c1. The number of phenolic OH excluding ortho intramolecular Hbond substituents is 1. The molecule has 0 aliphatic carbocycles. The van der Waals surface area contributed by atoms with Gasteiger partial charge in [-0.05, 0) is 47.5 Å². The average molecular weight is 470 g/mol. The molecule has 4 aromatic rings. The highest BCUT2D eigenvalue weighted by Crippen LogP contribution is 2.33. The van der Waals surface area contributed by atoms with Crippen molar-refractivity contribution < 1.29 is 24.1 Å². The Balaban J connectivity index is 1.45. The van der Waals surface area contributed by atoms with E-state index >= 15 is 0 Å². The molecule has 0 saturated heterocycles. The van der Waals surface area contributed by atoms with Gasteiger partial charge in [-0.2, -0.15) is 0 Å². The number of para-hydroxylation sites is 2. The van der Waals surface area contributed by atoms with Crippen LogP contribution in [0, 0.1) is 0 Å². The number of anilines is 1. The molecule has 178 valence electrons. The molecule has 4 aromatic carbocycles. The summed E-state index contributed by atoms with van der Waals surface area (Å²) in [7, 11) is 3.24.